The molecule has 0 radical (unpaired) electrons. The molecule has 0 aromatic carbocycles. The first-order valence-electron chi connectivity index (χ1n) is 11.0. The molecule has 0 saturated carbocycles. The second-order valence-electron chi connectivity index (χ2n) is 8.94. The summed E-state index contributed by atoms with van der Waals surface area (Å²) < 4.78 is 5.74. The van der Waals surface area contributed by atoms with Gasteiger partial charge in [-0.05, 0) is 51.7 Å². The number of hydrogen-bond donors (Lipinski definition) is 2. The van der Waals surface area contributed by atoms with Crippen LogP contribution < -0.4 is 0 Å². The molecule has 2 heterocycles. The van der Waals surface area contributed by atoms with Crippen molar-refractivity contribution in [3.05, 3.63) is 59.7 Å². The zero-order chi connectivity index (χ0) is 23.0. The molecule has 0 fully saturated rings. The predicted molar refractivity (Wildman–Crippen MR) is 121 cm³/mol. The topological polar surface area (TPSA) is 92.5 Å². The van der Waals surface area contributed by atoms with Crippen LogP contribution in [0.2, 0.25) is 0 Å². The summed E-state index contributed by atoms with van der Waals surface area (Å²) >= 11 is 0. The molecule has 1 aliphatic rings. The fourth-order valence-corrected chi connectivity index (χ4v) is 3.56. The molecule has 1 aromatic rings. The van der Waals surface area contributed by atoms with Crippen LogP contribution in [0.25, 0.3) is 0 Å². The van der Waals surface area contributed by atoms with E-state index in [0.29, 0.717) is 19.3 Å². The Morgan fingerprint density at radius 2 is 2.16 bits per heavy atom. The minimum Gasteiger partial charge on any atom is -0.457 e. The molecule has 6 heteroatoms. The highest BCUT2D eigenvalue weighted by Gasteiger charge is 2.26. The van der Waals surface area contributed by atoms with Crippen LogP contribution in [-0.4, -0.2) is 44.0 Å². The van der Waals surface area contributed by atoms with Gasteiger partial charge in [-0.1, -0.05) is 44.2 Å². The Bertz CT molecular complexity index is 829. The first-order valence-corrected chi connectivity index (χ1v) is 11.0. The van der Waals surface area contributed by atoms with E-state index in [1.165, 1.54) is 0 Å². The van der Waals surface area contributed by atoms with Crippen molar-refractivity contribution in [2.45, 2.75) is 84.0 Å². The number of hydrogen-bond acceptors (Lipinski definition) is 6. The van der Waals surface area contributed by atoms with Crippen molar-refractivity contribution in [2.75, 3.05) is 0 Å². The van der Waals surface area contributed by atoms with Gasteiger partial charge in [0.05, 0.1) is 18.1 Å². The van der Waals surface area contributed by atoms with E-state index in [4.69, 9.17) is 4.74 Å². The van der Waals surface area contributed by atoms with Crippen molar-refractivity contribution in [3.63, 3.8) is 0 Å². The minimum absolute atomic E-state index is 0.0532. The van der Waals surface area contributed by atoms with Crippen LogP contribution in [0.1, 0.15) is 70.8 Å². The Morgan fingerprint density at radius 3 is 2.87 bits per heavy atom. The Balaban J connectivity index is 2.17. The van der Waals surface area contributed by atoms with Crippen LogP contribution in [0, 0.1) is 12.8 Å². The third kappa shape index (κ3) is 8.38. The zero-order valence-electron chi connectivity index (χ0n) is 19.3. The van der Waals surface area contributed by atoms with Crippen LogP contribution in [-0.2, 0) is 9.53 Å². The van der Waals surface area contributed by atoms with Crippen molar-refractivity contribution < 1.29 is 19.7 Å². The molecule has 5 atom stereocenters. The van der Waals surface area contributed by atoms with Crippen molar-refractivity contribution in [1.82, 2.24) is 9.97 Å². The van der Waals surface area contributed by atoms with Gasteiger partial charge in [0.15, 0.2) is 0 Å². The van der Waals surface area contributed by atoms with E-state index < -0.39 is 23.8 Å². The minimum atomic E-state index is -0.905. The van der Waals surface area contributed by atoms with E-state index in [0.717, 1.165) is 17.1 Å². The summed E-state index contributed by atoms with van der Waals surface area (Å²) in [6.07, 6.45) is 11.5. The molecule has 1 unspecified atom stereocenters. The number of carbonyl (C=O) groups excluding carboxylic acids is 1. The van der Waals surface area contributed by atoms with E-state index in [9.17, 15) is 15.0 Å². The van der Waals surface area contributed by atoms with Gasteiger partial charge in [-0.15, -0.1) is 0 Å². The number of ether oxygens (including phenoxy) is 1. The molecule has 6 nitrogen and oxygen atoms in total. The van der Waals surface area contributed by atoms with Gasteiger partial charge in [-0.2, -0.15) is 0 Å². The van der Waals surface area contributed by atoms with Crippen molar-refractivity contribution in [3.8, 4) is 0 Å². The second kappa shape index (κ2) is 11.3. The molecule has 1 aromatic heterocycles. The molecule has 0 spiro atoms. The number of esters is 1. The van der Waals surface area contributed by atoms with Crippen LogP contribution in [0.5, 0.6) is 0 Å². The van der Waals surface area contributed by atoms with E-state index in [2.05, 4.69) is 9.97 Å². The highest BCUT2D eigenvalue weighted by molar-refractivity contribution is 5.70. The van der Waals surface area contributed by atoms with Crippen LogP contribution in [0.3, 0.4) is 0 Å². The molecule has 31 heavy (non-hydrogen) atoms. The molecule has 0 bridgehead atoms. The van der Waals surface area contributed by atoms with Gasteiger partial charge in [0.1, 0.15) is 11.9 Å². The summed E-state index contributed by atoms with van der Waals surface area (Å²) in [5.74, 6) is 0.310. The lowest BCUT2D eigenvalue weighted by Crippen LogP contribution is -2.30. The van der Waals surface area contributed by atoms with Crippen LogP contribution in [0.4, 0.5) is 0 Å². The molecule has 0 saturated heterocycles. The Kier molecular flexibility index (Phi) is 9.14. The summed E-state index contributed by atoms with van der Waals surface area (Å²) in [5.41, 5.74) is 0.925. The largest absolute Gasteiger partial charge is 0.457 e. The smallest absolute Gasteiger partial charge is 0.309 e. The third-order valence-corrected chi connectivity index (χ3v) is 5.58. The van der Waals surface area contributed by atoms with Gasteiger partial charge >= 0.3 is 5.97 Å². The summed E-state index contributed by atoms with van der Waals surface area (Å²) in [6.45, 7) is 9.64. The first-order chi connectivity index (χ1) is 14.6. The maximum atomic E-state index is 12.4. The lowest BCUT2D eigenvalue weighted by atomic mass is 9.91. The summed E-state index contributed by atoms with van der Waals surface area (Å²) in [6, 6.07) is 1.87. The monoisotopic (exact) mass is 428 g/mol. The van der Waals surface area contributed by atoms with Crippen molar-refractivity contribution >= 4 is 5.97 Å². The highest BCUT2D eigenvalue weighted by Crippen LogP contribution is 2.25. The third-order valence-electron chi connectivity index (χ3n) is 5.58. The number of aromatic nitrogens is 2. The SMILES string of the molecule is C/C(=C\C=C\C(C)c1nccc(C)n1)[C@H]1OC(=O)C[C@@H](O)CC[C@@](C)(O)C/C=C/[C@@H]1C. The Labute approximate surface area is 185 Å². The summed E-state index contributed by atoms with van der Waals surface area (Å²) in [4.78, 5) is 21.2. The normalized spacial score (nSPS) is 30.9. The first kappa shape index (κ1) is 25.0. The van der Waals surface area contributed by atoms with Gasteiger partial charge in [0, 0.05) is 23.7 Å². The predicted octanol–water partition coefficient (Wildman–Crippen LogP) is 4.18. The second-order valence-corrected chi connectivity index (χ2v) is 8.94. The lowest BCUT2D eigenvalue weighted by Gasteiger charge is -2.27. The Morgan fingerprint density at radius 1 is 1.42 bits per heavy atom. The van der Waals surface area contributed by atoms with Gasteiger partial charge in [0.25, 0.3) is 0 Å². The molecule has 170 valence electrons. The quantitative estimate of drug-likeness (QED) is 0.425. The van der Waals surface area contributed by atoms with E-state index in [1.54, 1.807) is 13.1 Å². The number of aliphatic hydroxyl groups is 2. The average molecular weight is 429 g/mol. The number of allylic oxidation sites excluding steroid dienone is 3. The molecular weight excluding hydrogens is 392 g/mol. The lowest BCUT2D eigenvalue weighted by molar-refractivity contribution is -0.151. The molecule has 1 aliphatic heterocycles. The fourth-order valence-electron chi connectivity index (χ4n) is 3.56. The number of aliphatic hydroxyl groups excluding tert-OH is 1. The van der Waals surface area contributed by atoms with Crippen molar-refractivity contribution in [2.24, 2.45) is 5.92 Å². The zero-order valence-corrected chi connectivity index (χ0v) is 19.3. The number of aryl methyl sites for hydroxylation is 1. The molecular formula is C25H36N2O4. The number of nitrogens with zero attached hydrogens (tertiary/aromatic N) is 2. The Hall–Kier alpha value is -2.31. The summed E-state index contributed by atoms with van der Waals surface area (Å²) in [7, 11) is 0. The van der Waals surface area contributed by atoms with Crippen molar-refractivity contribution in [1.29, 1.82) is 0 Å². The maximum absolute atomic E-state index is 12.4. The highest BCUT2D eigenvalue weighted by atomic mass is 16.5. The van der Waals surface area contributed by atoms with E-state index in [-0.39, 0.29) is 18.3 Å². The van der Waals surface area contributed by atoms with Crippen LogP contribution >= 0.6 is 0 Å². The molecule has 2 N–H and O–H groups in total. The molecule has 2 rings (SSSR count). The molecule has 0 amide bonds. The summed E-state index contributed by atoms with van der Waals surface area (Å²) in [5, 5.41) is 20.6. The van der Waals surface area contributed by atoms with Crippen LogP contribution in [0.15, 0.2) is 48.2 Å². The van der Waals surface area contributed by atoms with Gasteiger partial charge in [-0.3, -0.25) is 4.79 Å². The van der Waals surface area contributed by atoms with Gasteiger partial charge < -0.3 is 14.9 Å². The number of carbonyl (C=O) groups is 1. The standard InChI is InChI=1S/C25H36N2O4/c1-17(8-6-9-19(3)24-26-15-12-20(4)27-24)23-18(2)10-7-13-25(5,30)14-11-21(28)16-22(29)31-23/h6-10,12,15,18-19,21,23,28,30H,11,13-14,16H2,1-5H3/b9-6+,10-7+,17-8+/t18-,19?,21-,23+,25-/m0/s1. The van der Waals surface area contributed by atoms with E-state index >= 15 is 0 Å². The van der Waals surface area contributed by atoms with Gasteiger partial charge in [-0.25, -0.2) is 9.97 Å². The number of cyclic esters (lactones) is 1. The number of rotatable bonds is 4. The maximum Gasteiger partial charge on any atom is 0.309 e. The van der Waals surface area contributed by atoms with Gasteiger partial charge in [0.2, 0.25) is 0 Å². The fraction of sp³-hybridized carbons (Fsp3) is 0.560. The molecule has 0 aliphatic carbocycles. The van der Waals surface area contributed by atoms with E-state index in [1.807, 2.05) is 64.1 Å². The average Bonchev–Trinajstić information content (AvgIpc) is 2.69.